The van der Waals surface area contributed by atoms with E-state index in [1.165, 1.54) is 33.1 Å². The highest BCUT2D eigenvalue weighted by atomic mass is 35.5. The number of halogens is 1. The molecule has 0 fully saturated rings. The molecule has 0 aliphatic carbocycles. The highest BCUT2D eigenvalue weighted by molar-refractivity contribution is 6.32. The largest absolute Gasteiger partial charge is 0.493 e. The van der Waals surface area contributed by atoms with E-state index < -0.39 is 18.0 Å². The number of Topliss-reactive ketones (excluding diaryl/α,β-unsaturated/α-hetero) is 1. The van der Waals surface area contributed by atoms with Gasteiger partial charge in [-0.25, -0.2) is 4.79 Å². The molecule has 1 unspecified atom stereocenters. The van der Waals surface area contributed by atoms with E-state index in [4.69, 9.17) is 25.8 Å². The molecule has 2 aromatic rings. The van der Waals surface area contributed by atoms with Crippen molar-refractivity contribution in [3.05, 3.63) is 52.5 Å². The summed E-state index contributed by atoms with van der Waals surface area (Å²) in [5.74, 6) is -0.494. The van der Waals surface area contributed by atoms with Crippen molar-refractivity contribution in [2.75, 3.05) is 19.0 Å². The number of ether oxygens (including phenoxy) is 3. The van der Waals surface area contributed by atoms with Crippen LogP contribution in [0, 0.1) is 5.92 Å². The second-order valence-electron chi connectivity index (χ2n) is 7.37. The quantitative estimate of drug-likeness (QED) is 0.439. The number of carbonyl (C=O) groups excluding carboxylic acids is 3. The third-order valence-electron chi connectivity index (χ3n) is 4.22. The minimum absolute atomic E-state index is 0.122. The monoisotopic (exact) mass is 447 g/mol. The summed E-state index contributed by atoms with van der Waals surface area (Å²) in [6.45, 7) is 7.30. The molecule has 1 amide bonds. The van der Waals surface area contributed by atoms with Crippen molar-refractivity contribution < 1.29 is 28.6 Å². The molecule has 2 rings (SSSR count). The fraction of sp³-hybridized carbons (Fsp3) is 0.348. The first kappa shape index (κ1) is 24.2. The Balaban J connectivity index is 2.09. The molecule has 7 nitrogen and oxygen atoms in total. The van der Waals surface area contributed by atoms with Gasteiger partial charge in [0.15, 0.2) is 23.4 Å². The molecule has 0 saturated carbocycles. The summed E-state index contributed by atoms with van der Waals surface area (Å²) in [6, 6.07) is 9.34. The average Bonchev–Trinajstić information content (AvgIpc) is 2.72. The second-order valence-corrected chi connectivity index (χ2v) is 7.78. The van der Waals surface area contributed by atoms with Crippen molar-refractivity contribution in [3.8, 4) is 11.5 Å². The number of ketones is 1. The molecular formula is C23H26ClNO6. The third-order valence-corrected chi connectivity index (χ3v) is 4.50. The predicted octanol–water partition coefficient (Wildman–Crippen LogP) is 4.77. The van der Waals surface area contributed by atoms with Gasteiger partial charge in [0, 0.05) is 11.3 Å². The van der Waals surface area contributed by atoms with Gasteiger partial charge in [-0.05, 0) is 44.0 Å². The Morgan fingerprint density at radius 2 is 1.77 bits per heavy atom. The summed E-state index contributed by atoms with van der Waals surface area (Å²) in [7, 11) is 1.44. The molecule has 0 aliphatic rings. The van der Waals surface area contributed by atoms with E-state index in [-0.39, 0.29) is 22.3 Å². The lowest BCUT2D eigenvalue weighted by atomic mass is 10.1. The van der Waals surface area contributed by atoms with Gasteiger partial charge in [0.1, 0.15) is 0 Å². The van der Waals surface area contributed by atoms with Gasteiger partial charge in [-0.2, -0.15) is 0 Å². The van der Waals surface area contributed by atoms with Crippen LogP contribution in [0.2, 0.25) is 5.02 Å². The topological polar surface area (TPSA) is 90.9 Å². The van der Waals surface area contributed by atoms with Crippen LogP contribution in [-0.4, -0.2) is 37.5 Å². The molecule has 31 heavy (non-hydrogen) atoms. The van der Waals surface area contributed by atoms with Gasteiger partial charge in [-0.1, -0.05) is 37.6 Å². The van der Waals surface area contributed by atoms with Gasteiger partial charge in [0.25, 0.3) is 5.91 Å². The molecule has 0 heterocycles. The fourth-order valence-corrected chi connectivity index (χ4v) is 2.83. The fourth-order valence-electron chi connectivity index (χ4n) is 2.57. The number of anilines is 1. The highest BCUT2D eigenvalue weighted by Crippen LogP contribution is 2.37. The predicted molar refractivity (Wildman–Crippen MR) is 118 cm³/mol. The second kappa shape index (κ2) is 10.8. The molecule has 0 aliphatic heterocycles. The first-order chi connectivity index (χ1) is 14.6. The maximum absolute atomic E-state index is 12.6. The van der Waals surface area contributed by atoms with E-state index in [2.05, 4.69) is 5.32 Å². The molecule has 0 radical (unpaired) electrons. The Morgan fingerprint density at radius 1 is 1.06 bits per heavy atom. The molecule has 0 bridgehead atoms. The van der Waals surface area contributed by atoms with Gasteiger partial charge >= 0.3 is 5.97 Å². The first-order valence-electron chi connectivity index (χ1n) is 9.75. The number of hydrogen-bond donors (Lipinski definition) is 1. The van der Waals surface area contributed by atoms with Crippen LogP contribution in [0.25, 0.3) is 0 Å². The summed E-state index contributed by atoms with van der Waals surface area (Å²) < 4.78 is 16.2. The van der Waals surface area contributed by atoms with E-state index in [1.807, 2.05) is 13.8 Å². The maximum atomic E-state index is 12.6. The smallest absolute Gasteiger partial charge is 0.339 e. The zero-order valence-electron chi connectivity index (χ0n) is 18.2. The molecule has 0 spiro atoms. The summed E-state index contributed by atoms with van der Waals surface area (Å²) in [5.41, 5.74) is 1.01. The van der Waals surface area contributed by atoms with Gasteiger partial charge < -0.3 is 19.5 Å². The van der Waals surface area contributed by atoms with Crippen molar-refractivity contribution in [1.29, 1.82) is 0 Å². The first-order valence-corrected chi connectivity index (χ1v) is 10.1. The Kier molecular flexibility index (Phi) is 8.45. The minimum atomic E-state index is -1.09. The molecular weight excluding hydrogens is 422 g/mol. The Hall–Kier alpha value is -3.06. The zero-order chi connectivity index (χ0) is 23.1. The Bertz CT molecular complexity index is 973. The zero-order valence-corrected chi connectivity index (χ0v) is 18.9. The summed E-state index contributed by atoms with van der Waals surface area (Å²) in [4.78, 5) is 36.4. The van der Waals surface area contributed by atoms with Gasteiger partial charge in [-0.15, -0.1) is 0 Å². The lowest BCUT2D eigenvalue weighted by Gasteiger charge is -2.17. The molecule has 1 N–H and O–H groups in total. The van der Waals surface area contributed by atoms with Crippen LogP contribution in [0.15, 0.2) is 36.4 Å². The van der Waals surface area contributed by atoms with Crippen LogP contribution in [0.4, 0.5) is 5.69 Å². The van der Waals surface area contributed by atoms with Crippen molar-refractivity contribution >= 4 is 34.9 Å². The standard InChI is InChI=1S/C23H26ClNO6/c1-13(2)12-30-21-19(24)10-17(11-20(21)29-5)23(28)31-15(4)22(27)25-18-8-6-7-16(9-18)14(3)26/h6-11,13,15H,12H2,1-5H3,(H,25,27). The summed E-state index contributed by atoms with van der Waals surface area (Å²) >= 11 is 6.27. The van der Waals surface area contributed by atoms with Crippen LogP contribution in [0.5, 0.6) is 11.5 Å². The van der Waals surface area contributed by atoms with Gasteiger partial charge in [-0.3, -0.25) is 9.59 Å². The van der Waals surface area contributed by atoms with Crippen molar-refractivity contribution in [3.63, 3.8) is 0 Å². The number of esters is 1. The van der Waals surface area contributed by atoms with E-state index in [0.717, 1.165) is 0 Å². The lowest BCUT2D eigenvalue weighted by Crippen LogP contribution is -2.30. The number of rotatable bonds is 9. The van der Waals surface area contributed by atoms with E-state index >= 15 is 0 Å². The molecule has 0 saturated heterocycles. The molecule has 0 aromatic heterocycles. The average molecular weight is 448 g/mol. The number of amides is 1. The van der Waals surface area contributed by atoms with Crippen molar-refractivity contribution in [2.24, 2.45) is 5.92 Å². The van der Waals surface area contributed by atoms with E-state index in [0.29, 0.717) is 29.4 Å². The maximum Gasteiger partial charge on any atom is 0.339 e. The van der Waals surface area contributed by atoms with Gasteiger partial charge in [0.05, 0.1) is 24.3 Å². The Labute approximate surface area is 186 Å². The van der Waals surface area contributed by atoms with Crippen molar-refractivity contribution in [2.45, 2.75) is 33.8 Å². The lowest BCUT2D eigenvalue weighted by molar-refractivity contribution is -0.123. The SMILES string of the molecule is COc1cc(C(=O)OC(C)C(=O)Nc2cccc(C(C)=O)c2)cc(Cl)c1OCC(C)C. The molecule has 1 atom stereocenters. The van der Waals surface area contributed by atoms with Crippen LogP contribution in [0.3, 0.4) is 0 Å². The Morgan fingerprint density at radius 3 is 2.39 bits per heavy atom. The summed E-state index contributed by atoms with van der Waals surface area (Å²) in [6.07, 6.45) is -1.09. The van der Waals surface area contributed by atoms with E-state index in [1.54, 1.807) is 24.3 Å². The van der Waals surface area contributed by atoms with Crippen LogP contribution in [0.1, 0.15) is 48.4 Å². The van der Waals surface area contributed by atoms with Crippen LogP contribution < -0.4 is 14.8 Å². The van der Waals surface area contributed by atoms with Crippen molar-refractivity contribution in [1.82, 2.24) is 0 Å². The van der Waals surface area contributed by atoms with Crippen LogP contribution in [-0.2, 0) is 9.53 Å². The number of benzene rings is 2. The number of methoxy groups -OCH3 is 1. The summed E-state index contributed by atoms with van der Waals surface area (Å²) in [5, 5.41) is 2.82. The molecule has 2 aromatic carbocycles. The van der Waals surface area contributed by atoms with Gasteiger partial charge in [0.2, 0.25) is 0 Å². The highest BCUT2D eigenvalue weighted by Gasteiger charge is 2.22. The van der Waals surface area contributed by atoms with E-state index in [9.17, 15) is 14.4 Å². The minimum Gasteiger partial charge on any atom is -0.493 e. The number of carbonyl (C=O) groups is 3. The third kappa shape index (κ3) is 6.72. The van der Waals surface area contributed by atoms with Crippen LogP contribution >= 0.6 is 11.6 Å². The number of nitrogens with one attached hydrogen (secondary N) is 1. The molecule has 166 valence electrons. The number of hydrogen-bond acceptors (Lipinski definition) is 6. The normalized spacial score (nSPS) is 11.6. The molecule has 8 heteroatoms.